The van der Waals surface area contributed by atoms with Crippen LogP contribution in [0, 0.1) is 17.3 Å². The van der Waals surface area contributed by atoms with Gasteiger partial charge in [-0.25, -0.2) is 0 Å². The second-order valence-electron chi connectivity index (χ2n) is 6.57. The summed E-state index contributed by atoms with van der Waals surface area (Å²) < 4.78 is 5.93. The molecule has 2 nitrogen and oxygen atoms in total. The molecule has 1 saturated carbocycles. The third kappa shape index (κ3) is 2.57. The van der Waals surface area contributed by atoms with Gasteiger partial charge in [0.1, 0.15) is 5.60 Å². The highest BCUT2D eigenvalue weighted by molar-refractivity contribution is 5.69. The van der Waals surface area contributed by atoms with Crippen LogP contribution < -0.4 is 0 Å². The van der Waals surface area contributed by atoms with Gasteiger partial charge in [-0.2, -0.15) is 0 Å². The molecule has 0 aromatic carbocycles. The zero-order valence-electron chi connectivity index (χ0n) is 13.0. The number of ether oxygens (including phenoxy) is 1. The van der Waals surface area contributed by atoms with Crippen molar-refractivity contribution in [3.8, 4) is 0 Å². The highest BCUT2D eigenvalue weighted by atomic mass is 16.6. The maximum absolute atomic E-state index is 11.8. The first-order chi connectivity index (χ1) is 8.31. The van der Waals surface area contributed by atoms with Gasteiger partial charge in [0.15, 0.2) is 0 Å². The van der Waals surface area contributed by atoms with Gasteiger partial charge in [0.2, 0.25) is 0 Å². The minimum absolute atomic E-state index is 0.0509. The van der Waals surface area contributed by atoms with Crippen molar-refractivity contribution >= 4 is 5.97 Å². The Morgan fingerprint density at radius 3 is 2.44 bits per heavy atom. The molecule has 0 aromatic heterocycles. The van der Waals surface area contributed by atoms with Crippen molar-refractivity contribution in [1.29, 1.82) is 0 Å². The fraction of sp³-hybridized carbons (Fsp3) is 0.938. The molecule has 3 atom stereocenters. The largest absolute Gasteiger partial charge is 0.459 e. The van der Waals surface area contributed by atoms with Crippen molar-refractivity contribution < 1.29 is 9.53 Å². The average Bonchev–Trinajstić information content (AvgIpc) is 2.28. The minimum Gasteiger partial charge on any atom is -0.459 e. The molecule has 2 heteroatoms. The fourth-order valence-electron chi connectivity index (χ4n) is 4.06. The quantitative estimate of drug-likeness (QED) is 0.687. The van der Waals surface area contributed by atoms with E-state index in [4.69, 9.17) is 4.74 Å². The molecule has 3 unspecified atom stereocenters. The topological polar surface area (TPSA) is 26.3 Å². The van der Waals surface area contributed by atoms with Gasteiger partial charge in [0.25, 0.3) is 0 Å². The zero-order valence-corrected chi connectivity index (χ0v) is 13.0. The molecule has 1 rings (SSSR count). The van der Waals surface area contributed by atoms with E-state index in [1.807, 2.05) is 6.92 Å². The van der Waals surface area contributed by atoms with Gasteiger partial charge < -0.3 is 4.74 Å². The second-order valence-corrected chi connectivity index (χ2v) is 6.57. The standard InChI is InChI=1S/C16H30O2/c1-7-14(17)18-15(6)11-13(5)9-10-16(15,8-2)12(3)4/h12-13H,7-11H2,1-6H3. The summed E-state index contributed by atoms with van der Waals surface area (Å²) in [6, 6.07) is 0. The van der Waals surface area contributed by atoms with Gasteiger partial charge in [-0.1, -0.05) is 34.6 Å². The number of carbonyl (C=O) groups excluding carboxylic acids is 1. The lowest BCUT2D eigenvalue weighted by molar-refractivity contribution is -0.194. The van der Waals surface area contributed by atoms with Crippen LogP contribution >= 0.6 is 0 Å². The summed E-state index contributed by atoms with van der Waals surface area (Å²) in [6.45, 7) is 13.1. The van der Waals surface area contributed by atoms with Crippen LogP contribution in [0.2, 0.25) is 0 Å². The average molecular weight is 254 g/mol. The van der Waals surface area contributed by atoms with Crippen molar-refractivity contribution in [1.82, 2.24) is 0 Å². The van der Waals surface area contributed by atoms with Gasteiger partial charge in [-0.15, -0.1) is 0 Å². The Labute approximate surface area is 112 Å². The first kappa shape index (κ1) is 15.5. The zero-order chi connectivity index (χ0) is 14.0. The lowest BCUT2D eigenvalue weighted by Crippen LogP contribution is -2.55. The maximum atomic E-state index is 11.8. The van der Waals surface area contributed by atoms with Gasteiger partial charge in [0, 0.05) is 11.8 Å². The van der Waals surface area contributed by atoms with Crippen molar-refractivity contribution in [3.05, 3.63) is 0 Å². The fourth-order valence-corrected chi connectivity index (χ4v) is 4.06. The normalized spacial score (nSPS) is 36.7. The van der Waals surface area contributed by atoms with E-state index in [0.717, 1.165) is 12.8 Å². The SMILES string of the molecule is CCC(=O)OC1(C)CC(C)CCC1(CC)C(C)C. The van der Waals surface area contributed by atoms with Crippen LogP contribution in [-0.4, -0.2) is 11.6 Å². The molecule has 0 aromatic rings. The lowest BCUT2D eigenvalue weighted by Gasteiger charge is -2.55. The molecule has 0 heterocycles. The Bertz CT molecular complexity index is 297. The smallest absolute Gasteiger partial charge is 0.306 e. The molecule has 0 amide bonds. The van der Waals surface area contributed by atoms with E-state index in [9.17, 15) is 4.79 Å². The number of esters is 1. The molecule has 0 N–H and O–H groups in total. The first-order valence-electron chi connectivity index (χ1n) is 7.53. The molecular formula is C16H30O2. The molecule has 0 bridgehead atoms. The number of carbonyl (C=O) groups is 1. The molecule has 0 radical (unpaired) electrons. The Morgan fingerprint density at radius 2 is 2.00 bits per heavy atom. The van der Waals surface area contributed by atoms with Gasteiger partial charge >= 0.3 is 5.97 Å². The number of hydrogen-bond acceptors (Lipinski definition) is 2. The summed E-state index contributed by atoms with van der Waals surface area (Å²) in [7, 11) is 0. The van der Waals surface area contributed by atoms with Crippen LogP contribution in [0.5, 0.6) is 0 Å². The van der Waals surface area contributed by atoms with Crippen LogP contribution in [0.4, 0.5) is 0 Å². The third-order valence-electron chi connectivity index (χ3n) is 5.24. The van der Waals surface area contributed by atoms with Crippen molar-refractivity contribution in [3.63, 3.8) is 0 Å². The van der Waals surface area contributed by atoms with Crippen LogP contribution in [-0.2, 0) is 9.53 Å². The molecule has 106 valence electrons. The van der Waals surface area contributed by atoms with Crippen molar-refractivity contribution in [2.24, 2.45) is 17.3 Å². The molecule has 1 aliphatic carbocycles. The Balaban J connectivity index is 3.08. The van der Waals surface area contributed by atoms with E-state index < -0.39 is 0 Å². The first-order valence-corrected chi connectivity index (χ1v) is 7.53. The third-order valence-corrected chi connectivity index (χ3v) is 5.24. The summed E-state index contributed by atoms with van der Waals surface area (Å²) in [5.41, 5.74) is -0.148. The number of hydrogen-bond donors (Lipinski definition) is 0. The number of rotatable bonds is 4. The van der Waals surface area contributed by atoms with Crippen LogP contribution in [0.15, 0.2) is 0 Å². The van der Waals surface area contributed by atoms with Crippen LogP contribution in [0.3, 0.4) is 0 Å². The van der Waals surface area contributed by atoms with Gasteiger partial charge in [0.05, 0.1) is 0 Å². The predicted octanol–water partition coefficient (Wildman–Crippen LogP) is 4.57. The monoisotopic (exact) mass is 254 g/mol. The molecule has 18 heavy (non-hydrogen) atoms. The Hall–Kier alpha value is -0.530. The van der Waals surface area contributed by atoms with E-state index in [1.165, 1.54) is 12.8 Å². The molecule has 1 fully saturated rings. The minimum atomic E-state index is -0.291. The highest BCUT2D eigenvalue weighted by Crippen LogP contribution is 2.54. The Morgan fingerprint density at radius 1 is 1.39 bits per heavy atom. The highest BCUT2D eigenvalue weighted by Gasteiger charge is 2.54. The molecule has 1 aliphatic rings. The maximum Gasteiger partial charge on any atom is 0.306 e. The molecule has 0 saturated heterocycles. The summed E-state index contributed by atoms with van der Waals surface area (Å²) in [5, 5.41) is 0. The summed E-state index contributed by atoms with van der Waals surface area (Å²) in [5.74, 6) is 1.15. The summed E-state index contributed by atoms with van der Waals surface area (Å²) in [6.07, 6.45) is 5.00. The van der Waals surface area contributed by atoms with Crippen molar-refractivity contribution in [2.45, 2.75) is 79.2 Å². The van der Waals surface area contributed by atoms with Crippen LogP contribution in [0.1, 0.15) is 73.6 Å². The van der Waals surface area contributed by atoms with E-state index in [2.05, 4.69) is 34.6 Å². The van der Waals surface area contributed by atoms with E-state index in [-0.39, 0.29) is 17.0 Å². The summed E-state index contributed by atoms with van der Waals surface area (Å²) in [4.78, 5) is 11.8. The van der Waals surface area contributed by atoms with E-state index in [0.29, 0.717) is 18.3 Å². The molecular weight excluding hydrogens is 224 g/mol. The Kier molecular flexibility index (Phi) is 4.85. The predicted molar refractivity (Wildman–Crippen MR) is 75.4 cm³/mol. The van der Waals surface area contributed by atoms with E-state index in [1.54, 1.807) is 0 Å². The van der Waals surface area contributed by atoms with Crippen molar-refractivity contribution in [2.75, 3.05) is 0 Å². The molecule has 0 aliphatic heterocycles. The summed E-state index contributed by atoms with van der Waals surface area (Å²) >= 11 is 0. The van der Waals surface area contributed by atoms with Crippen LogP contribution in [0.25, 0.3) is 0 Å². The van der Waals surface area contributed by atoms with Gasteiger partial charge in [-0.3, -0.25) is 4.79 Å². The second kappa shape index (κ2) is 5.63. The molecule has 0 spiro atoms. The van der Waals surface area contributed by atoms with Gasteiger partial charge in [-0.05, 0) is 44.4 Å². The van der Waals surface area contributed by atoms with E-state index >= 15 is 0 Å². The lowest BCUT2D eigenvalue weighted by atomic mass is 9.55.